The number of sulfonamides is 1. The smallest absolute Gasteiger partial charge is 0.416 e. The summed E-state index contributed by atoms with van der Waals surface area (Å²) in [4.78, 5) is 3.33. The van der Waals surface area contributed by atoms with E-state index in [-0.39, 0.29) is 17.4 Å². The molecule has 1 aromatic carbocycles. The Kier molecular flexibility index (Phi) is 5.91. The molecule has 2 rings (SSSR count). The van der Waals surface area contributed by atoms with Crippen molar-refractivity contribution in [2.75, 3.05) is 6.61 Å². The third-order valence-corrected chi connectivity index (χ3v) is 5.01. The lowest BCUT2D eigenvalue weighted by molar-refractivity contribution is -0.137. The quantitative estimate of drug-likeness (QED) is 0.812. The molecule has 0 aliphatic rings. The minimum Gasteiger partial charge on any atom is -0.478 e. The van der Waals surface area contributed by atoms with E-state index >= 15 is 0 Å². The summed E-state index contributed by atoms with van der Waals surface area (Å²) in [6.45, 7) is 1.86. The van der Waals surface area contributed by atoms with Crippen LogP contribution in [0.25, 0.3) is 0 Å². The molecule has 1 heterocycles. The number of ether oxygens (including phenoxy) is 1. The molecule has 0 fully saturated rings. The van der Waals surface area contributed by atoms with Gasteiger partial charge in [0.1, 0.15) is 4.90 Å². The van der Waals surface area contributed by atoms with Crippen molar-refractivity contribution in [1.82, 2.24) is 9.71 Å². The van der Waals surface area contributed by atoms with Gasteiger partial charge in [-0.2, -0.15) is 13.2 Å². The van der Waals surface area contributed by atoms with Crippen molar-refractivity contribution in [2.45, 2.75) is 24.5 Å². The van der Waals surface area contributed by atoms with Crippen LogP contribution in [0.3, 0.4) is 0 Å². The number of nitrogens with zero attached hydrogens (tertiary/aromatic N) is 1. The maximum atomic E-state index is 12.8. The van der Waals surface area contributed by atoms with Gasteiger partial charge in [0.25, 0.3) is 0 Å². The molecular weight excluding hydrogens is 381 g/mol. The first-order valence-corrected chi connectivity index (χ1v) is 8.94. The highest BCUT2D eigenvalue weighted by Crippen LogP contribution is 2.33. The standard InChI is InChI=1S/C15H14ClF3N2O3S/c1-2-24-14-10(4-3-7-20-14)9-21-25(22,23)13-8-11(15(17,18)19)5-6-12(13)16/h3-8,21H,2,9H2,1H3. The number of rotatable bonds is 6. The van der Waals surface area contributed by atoms with Gasteiger partial charge in [-0.15, -0.1) is 0 Å². The summed E-state index contributed by atoms with van der Waals surface area (Å²) in [6, 6.07) is 5.29. The zero-order valence-electron chi connectivity index (χ0n) is 13.0. The first kappa shape index (κ1) is 19.5. The number of pyridine rings is 1. The van der Waals surface area contributed by atoms with Gasteiger partial charge in [-0.3, -0.25) is 0 Å². The maximum Gasteiger partial charge on any atom is 0.416 e. The molecule has 136 valence electrons. The number of hydrogen-bond acceptors (Lipinski definition) is 4. The Morgan fingerprint density at radius 3 is 2.64 bits per heavy atom. The summed E-state index contributed by atoms with van der Waals surface area (Å²) in [5.74, 6) is 0.239. The largest absolute Gasteiger partial charge is 0.478 e. The molecule has 0 bridgehead atoms. The summed E-state index contributed by atoms with van der Waals surface area (Å²) in [5.41, 5.74) is -0.662. The minimum atomic E-state index is -4.68. The number of aromatic nitrogens is 1. The van der Waals surface area contributed by atoms with Crippen LogP contribution >= 0.6 is 11.6 Å². The van der Waals surface area contributed by atoms with Gasteiger partial charge in [-0.25, -0.2) is 18.1 Å². The van der Waals surface area contributed by atoms with Gasteiger partial charge in [0, 0.05) is 18.3 Å². The van der Waals surface area contributed by atoms with E-state index in [9.17, 15) is 21.6 Å². The number of hydrogen-bond donors (Lipinski definition) is 1. The summed E-state index contributed by atoms with van der Waals surface area (Å²) >= 11 is 5.77. The molecular formula is C15H14ClF3N2O3S. The molecule has 0 amide bonds. The van der Waals surface area contributed by atoms with Crippen LogP contribution in [0.5, 0.6) is 5.88 Å². The van der Waals surface area contributed by atoms with Crippen LogP contribution in [0.2, 0.25) is 5.02 Å². The van der Waals surface area contributed by atoms with Crippen molar-refractivity contribution in [2.24, 2.45) is 0 Å². The highest BCUT2D eigenvalue weighted by Gasteiger charge is 2.32. The van der Waals surface area contributed by atoms with E-state index in [0.29, 0.717) is 18.2 Å². The van der Waals surface area contributed by atoms with Crippen LogP contribution in [0, 0.1) is 0 Å². The third-order valence-electron chi connectivity index (χ3n) is 3.13. The van der Waals surface area contributed by atoms with Crippen molar-refractivity contribution in [3.8, 4) is 5.88 Å². The van der Waals surface area contributed by atoms with Crippen LogP contribution in [-0.2, 0) is 22.7 Å². The fraction of sp³-hybridized carbons (Fsp3) is 0.267. The Hall–Kier alpha value is -1.84. The average molecular weight is 395 g/mol. The molecule has 0 aliphatic carbocycles. The van der Waals surface area contributed by atoms with Gasteiger partial charge in [0.05, 0.1) is 17.2 Å². The van der Waals surface area contributed by atoms with Crippen molar-refractivity contribution in [1.29, 1.82) is 0 Å². The molecule has 1 N–H and O–H groups in total. The lowest BCUT2D eigenvalue weighted by Crippen LogP contribution is -2.24. The summed E-state index contributed by atoms with van der Waals surface area (Å²) in [6.07, 6.45) is -3.20. The molecule has 2 aromatic rings. The topological polar surface area (TPSA) is 68.3 Å². The summed E-state index contributed by atoms with van der Waals surface area (Å²) in [7, 11) is -4.27. The van der Waals surface area contributed by atoms with Crippen LogP contribution in [0.1, 0.15) is 18.1 Å². The molecule has 0 spiro atoms. The van der Waals surface area contributed by atoms with Gasteiger partial charge in [0.2, 0.25) is 15.9 Å². The van der Waals surface area contributed by atoms with Crippen LogP contribution in [0.4, 0.5) is 13.2 Å². The second-order valence-electron chi connectivity index (χ2n) is 4.87. The van der Waals surface area contributed by atoms with E-state index in [4.69, 9.17) is 16.3 Å². The van der Waals surface area contributed by atoms with E-state index in [1.54, 1.807) is 19.1 Å². The Balaban J connectivity index is 2.29. The number of benzene rings is 1. The molecule has 10 heteroatoms. The maximum absolute atomic E-state index is 12.8. The van der Waals surface area contributed by atoms with E-state index in [0.717, 1.165) is 12.1 Å². The molecule has 5 nitrogen and oxygen atoms in total. The minimum absolute atomic E-state index is 0.210. The second-order valence-corrected chi connectivity index (χ2v) is 7.01. The molecule has 0 radical (unpaired) electrons. The number of halogens is 4. The van der Waals surface area contributed by atoms with Gasteiger partial charge in [-0.05, 0) is 31.2 Å². The number of alkyl halides is 3. The summed E-state index contributed by atoms with van der Waals surface area (Å²) in [5, 5.41) is -0.309. The molecule has 1 aromatic heterocycles. The average Bonchev–Trinajstić information content (AvgIpc) is 2.53. The van der Waals surface area contributed by atoms with E-state index in [1.165, 1.54) is 6.20 Å². The summed E-state index contributed by atoms with van der Waals surface area (Å²) < 4.78 is 70.6. The fourth-order valence-electron chi connectivity index (χ4n) is 1.96. The molecule has 0 saturated carbocycles. The Bertz CT molecular complexity index is 857. The van der Waals surface area contributed by atoms with Gasteiger partial charge in [0.15, 0.2) is 0 Å². The molecule has 25 heavy (non-hydrogen) atoms. The lowest BCUT2D eigenvalue weighted by atomic mass is 10.2. The predicted octanol–water partition coefficient (Wildman–Crippen LogP) is 3.63. The monoisotopic (exact) mass is 394 g/mol. The van der Waals surface area contributed by atoms with Crippen molar-refractivity contribution < 1.29 is 26.3 Å². The normalized spacial score (nSPS) is 12.2. The zero-order valence-corrected chi connectivity index (χ0v) is 14.5. The fourth-order valence-corrected chi connectivity index (χ4v) is 3.49. The Morgan fingerprint density at radius 1 is 1.28 bits per heavy atom. The van der Waals surface area contributed by atoms with Crippen LogP contribution in [0.15, 0.2) is 41.4 Å². The van der Waals surface area contributed by atoms with E-state index in [2.05, 4.69) is 9.71 Å². The third kappa shape index (κ3) is 4.83. The lowest BCUT2D eigenvalue weighted by Gasteiger charge is -2.13. The highest BCUT2D eigenvalue weighted by atomic mass is 35.5. The Morgan fingerprint density at radius 2 is 2.00 bits per heavy atom. The van der Waals surface area contributed by atoms with Gasteiger partial charge >= 0.3 is 6.18 Å². The zero-order chi connectivity index (χ0) is 18.7. The van der Waals surface area contributed by atoms with Crippen LogP contribution < -0.4 is 9.46 Å². The van der Waals surface area contributed by atoms with Gasteiger partial charge < -0.3 is 4.74 Å². The van der Waals surface area contributed by atoms with E-state index < -0.39 is 26.7 Å². The number of nitrogens with one attached hydrogen (secondary N) is 1. The molecule has 0 aliphatic heterocycles. The Labute approximate surface area is 147 Å². The van der Waals surface area contributed by atoms with Gasteiger partial charge in [-0.1, -0.05) is 17.7 Å². The highest BCUT2D eigenvalue weighted by molar-refractivity contribution is 7.89. The molecule has 0 saturated heterocycles. The van der Waals surface area contributed by atoms with Crippen molar-refractivity contribution in [3.05, 3.63) is 52.7 Å². The first-order valence-electron chi connectivity index (χ1n) is 7.08. The predicted molar refractivity (Wildman–Crippen MR) is 85.9 cm³/mol. The first-order chi connectivity index (χ1) is 11.6. The second kappa shape index (κ2) is 7.59. The van der Waals surface area contributed by atoms with Crippen molar-refractivity contribution >= 4 is 21.6 Å². The van der Waals surface area contributed by atoms with Crippen molar-refractivity contribution in [3.63, 3.8) is 0 Å². The molecule has 0 unspecified atom stereocenters. The SMILES string of the molecule is CCOc1ncccc1CNS(=O)(=O)c1cc(C(F)(F)F)ccc1Cl. The van der Waals surface area contributed by atoms with E-state index in [1.807, 2.05) is 0 Å². The molecule has 0 atom stereocenters. The van der Waals surface area contributed by atoms with Crippen LogP contribution in [-0.4, -0.2) is 20.0 Å².